The van der Waals surface area contributed by atoms with Gasteiger partial charge >= 0.3 is 0 Å². The van der Waals surface area contributed by atoms with Crippen molar-refractivity contribution in [3.8, 4) is 0 Å². The minimum atomic E-state index is 0.101. The van der Waals surface area contributed by atoms with Crippen LogP contribution in [-0.4, -0.2) is 5.16 Å². The van der Waals surface area contributed by atoms with Crippen molar-refractivity contribution in [1.82, 2.24) is 5.16 Å². The molecular weight excluding hydrogens is 126 g/mol. The molecule has 0 unspecified atom stereocenters. The van der Waals surface area contributed by atoms with Gasteiger partial charge in [0.2, 0.25) is 0 Å². The van der Waals surface area contributed by atoms with E-state index in [4.69, 9.17) is 4.52 Å². The van der Waals surface area contributed by atoms with E-state index in [-0.39, 0.29) is 5.41 Å². The Bertz CT molecular complexity index is 219. The summed E-state index contributed by atoms with van der Waals surface area (Å²) in [6.07, 6.45) is 2.83. The van der Waals surface area contributed by atoms with Crippen LogP contribution in [0.4, 0.5) is 0 Å². The van der Waals surface area contributed by atoms with Crippen LogP contribution in [0.15, 0.2) is 4.52 Å². The first kappa shape index (κ1) is 7.32. The van der Waals surface area contributed by atoms with Crippen molar-refractivity contribution in [3.05, 3.63) is 17.5 Å². The molecule has 55 valence electrons. The summed E-state index contributed by atoms with van der Waals surface area (Å²) < 4.78 is 4.89. The molecular formula is C8H12NO. The highest BCUT2D eigenvalue weighted by Gasteiger charge is 2.19. The SMILES string of the molecule is Cc1on[c]c1C(C)(C)C. The standard InChI is InChI=1S/C8H12NO/c1-6-7(5-9-10-6)8(2,3)4/h1-4H3. The number of aryl methyl sites for hydroxylation is 1. The lowest BCUT2D eigenvalue weighted by Crippen LogP contribution is -2.11. The van der Waals surface area contributed by atoms with Crippen LogP contribution >= 0.6 is 0 Å². The van der Waals surface area contributed by atoms with Gasteiger partial charge < -0.3 is 4.52 Å². The van der Waals surface area contributed by atoms with Crippen molar-refractivity contribution < 1.29 is 4.52 Å². The predicted molar refractivity (Wildman–Crippen MR) is 38.8 cm³/mol. The predicted octanol–water partition coefficient (Wildman–Crippen LogP) is 2.08. The van der Waals surface area contributed by atoms with E-state index in [0.717, 1.165) is 11.3 Å². The van der Waals surface area contributed by atoms with E-state index in [0.29, 0.717) is 0 Å². The fourth-order valence-electron chi connectivity index (χ4n) is 0.957. The number of aromatic nitrogens is 1. The molecule has 0 spiro atoms. The minimum absolute atomic E-state index is 0.101. The second kappa shape index (κ2) is 2.11. The van der Waals surface area contributed by atoms with E-state index in [1.165, 1.54) is 0 Å². The third kappa shape index (κ3) is 1.20. The summed E-state index contributed by atoms with van der Waals surface area (Å²) in [6.45, 7) is 8.25. The molecule has 0 aliphatic carbocycles. The summed E-state index contributed by atoms with van der Waals surface area (Å²) in [6, 6.07) is 0. The van der Waals surface area contributed by atoms with Gasteiger partial charge in [-0.15, -0.1) is 0 Å². The minimum Gasteiger partial charge on any atom is -0.361 e. The van der Waals surface area contributed by atoms with Crippen molar-refractivity contribution in [3.63, 3.8) is 0 Å². The van der Waals surface area contributed by atoms with E-state index in [2.05, 4.69) is 32.1 Å². The van der Waals surface area contributed by atoms with Crippen molar-refractivity contribution in [2.75, 3.05) is 0 Å². The zero-order chi connectivity index (χ0) is 7.78. The van der Waals surface area contributed by atoms with Crippen molar-refractivity contribution in [1.29, 1.82) is 0 Å². The van der Waals surface area contributed by atoms with E-state index in [9.17, 15) is 0 Å². The lowest BCUT2D eigenvalue weighted by atomic mass is 9.88. The van der Waals surface area contributed by atoms with Crippen LogP contribution in [0.2, 0.25) is 0 Å². The fraction of sp³-hybridized carbons (Fsp3) is 0.625. The van der Waals surface area contributed by atoms with Crippen LogP contribution in [0.5, 0.6) is 0 Å². The molecule has 0 saturated carbocycles. The zero-order valence-electron chi connectivity index (χ0n) is 6.86. The molecule has 1 aromatic rings. The van der Waals surface area contributed by atoms with Gasteiger partial charge in [-0.1, -0.05) is 25.9 Å². The molecule has 0 aliphatic rings. The molecule has 0 bridgehead atoms. The molecule has 0 atom stereocenters. The lowest BCUT2D eigenvalue weighted by molar-refractivity contribution is 0.392. The monoisotopic (exact) mass is 138 g/mol. The zero-order valence-corrected chi connectivity index (χ0v) is 6.86. The molecule has 2 heteroatoms. The molecule has 10 heavy (non-hydrogen) atoms. The Balaban J connectivity index is 3.05. The van der Waals surface area contributed by atoms with Crippen LogP contribution in [0.3, 0.4) is 0 Å². The van der Waals surface area contributed by atoms with Crippen LogP contribution in [0.1, 0.15) is 32.1 Å². The van der Waals surface area contributed by atoms with E-state index in [1.807, 2.05) is 6.92 Å². The quantitative estimate of drug-likeness (QED) is 0.548. The highest BCUT2D eigenvalue weighted by molar-refractivity contribution is 5.19. The molecule has 1 rings (SSSR count). The third-order valence-corrected chi connectivity index (χ3v) is 1.44. The summed E-state index contributed by atoms with van der Waals surface area (Å²) in [5, 5.41) is 3.59. The Morgan fingerprint density at radius 1 is 1.40 bits per heavy atom. The Labute approximate surface area is 61.2 Å². The van der Waals surface area contributed by atoms with Gasteiger partial charge in [0.25, 0.3) is 0 Å². The largest absolute Gasteiger partial charge is 0.361 e. The van der Waals surface area contributed by atoms with E-state index < -0.39 is 0 Å². The van der Waals surface area contributed by atoms with E-state index >= 15 is 0 Å². The summed E-state index contributed by atoms with van der Waals surface area (Å²) in [5.74, 6) is 0.868. The number of rotatable bonds is 0. The number of nitrogens with zero attached hydrogens (tertiary/aromatic N) is 1. The summed E-state index contributed by atoms with van der Waals surface area (Å²) in [5.41, 5.74) is 1.16. The van der Waals surface area contributed by atoms with Crippen LogP contribution in [0.25, 0.3) is 0 Å². The van der Waals surface area contributed by atoms with Crippen LogP contribution in [-0.2, 0) is 5.41 Å². The van der Waals surface area contributed by atoms with Gasteiger partial charge in [0.1, 0.15) is 12.0 Å². The molecule has 1 radical (unpaired) electrons. The summed E-state index contributed by atoms with van der Waals surface area (Å²) >= 11 is 0. The maximum Gasteiger partial charge on any atom is 0.140 e. The average Bonchev–Trinajstić information content (AvgIpc) is 2.11. The van der Waals surface area contributed by atoms with Gasteiger partial charge in [-0.05, 0) is 12.3 Å². The number of hydrogen-bond donors (Lipinski definition) is 0. The van der Waals surface area contributed by atoms with Gasteiger partial charge in [0.15, 0.2) is 0 Å². The molecule has 0 fully saturated rings. The molecule has 0 saturated heterocycles. The Morgan fingerprint density at radius 3 is 2.20 bits per heavy atom. The molecule has 1 aromatic heterocycles. The normalized spacial score (nSPS) is 12.0. The molecule has 0 amide bonds. The smallest absolute Gasteiger partial charge is 0.140 e. The summed E-state index contributed by atoms with van der Waals surface area (Å²) in [7, 11) is 0. The Hall–Kier alpha value is -0.790. The van der Waals surface area contributed by atoms with Gasteiger partial charge in [-0.25, -0.2) is 0 Å². The van der Waals surface area contributed by atoms with Gasteiger partial charge in [-0.3, -0.25) is 0 Å². The van der Waals surface area contributed by atoms with Crippen LogP contribution in [0, 0.1) is 13.1 Å². The first-order chi connectivity index (χ1) is 4.52. The Kier molecular flexibility index (Phi) is 1.55. The second-order valence-electron chi connectivity index (χ2n) is 3.48. The Morgan fingerprint density at radius 2 is 2.00 bits per heavy atom. The first-order valence-electron chi connectivity index (χ1n) is 3.36. The van der Waals surface area contributed by atoms with Gasteiger partial charge in [0.05, 0.1) is 0 Å². The topological polar surface area (TPSA) is 26.0 Å². The van der Waals surface area contributed by atoms with E-state index in [1.54, 1.807) is 0 Å². The molecule has 0 aromatic carbocycles. The molecule has 0 N–H and O–H groups in total. The molecule has 2 nitrogen and oxygen atoms in total. The second-order valence-corrected chi connectivity index (χ2v) is 3.48. The van der Waals surface area contributed by atoms with Crippen molar-refractivity contribution in [2.45, 2.75) is 33.1 Å². The average molecular weight is 138 g/mol. The van der Waals surface area contributed by atoms with Crippen LogP contribution < -0.4 is 0 Å². The third-order valence-electron chi connectivity index (χ3n) is 1.44. The molecule has 0 aliphatic heterocycles. The van der Waals surface area contributed by atoms with Gasteiger partial charge in [-0.2, -0.15) is 0 Å². The summed E-state index contributed by atoms with van der Waals surface area (Å²) in [4.78, 5) is 0. The maximum absolute atomic E-state index is 4.89. The number of hydrogen-bond acceptors (Lipinski definition) is 2. The van der Waals surface area contributed by atoms with Crippen molar-refractivity contribution in [2.24, 2.45) is 0 Å². The maximum atomic E-state index is 4.89. The highest BCUT2D eigenvalue weighted by Crippen LogP contribution is 2.23. The molecule has 1 heterocycles. The lowest BCUT2D eigenvalue weighted by Gasteiger charge is -2.15. The fourth-order valence-corrected chi connectivity index (χ4v) is 0.957. The van der Waals surface area contributed by atoms with Crippen molar-refractivity contribution >= 4 is 0 Å². The van der Waals surface area contributed by atoms with Gasteiger partial charge in [0, 0.05) is 5.56 Å². The first-order valence-corrected chi connectivity index (χ1v) is 3.36. The highest BCUT2D eigenvalue weighted by atomic mass is 16.5.